The van der Waals surface area contributed by atoms with Gasteiger partial charge in [0.2, 0.25) is 0 Å². The molecule has 0 aliphatic carbocycles. The Morgan fingerprint density at radius 3 is 2.60 bits per heavy atom. The molecule has 90 valence electrons. The fourth-order valence-corrected chi connectivity index (χ4v) is 2.67. The second-order valence-electron chi connectivity index (χ2n) is 4.81. The lowest BCUT2D eigenvalue weighted by molar-refractivity contribution is 0.227. The quantitative estimate of drug-likeness (QED) is 0.472. The van der Waals surface area contributed by atoms with Crippen LogP contribution in [0.3, 0.4) is 0 Å². The normalized spacial score (nSPS) is 23.2. The van der Waals surface area contributed by atoms with E-state index < -0.39 is 0 Å². The van der Waals surface area contributed by atoms with Gasteiger partial charge in [0.05, 0.1) is 0 Å². The van der Waals surface area contributed by atoms with Crippen LogP contribution < -0.4 is 0 Å². The predicted molar refractivity (Wildman–Crippen MR) is 68.7 cm³/mol. The molecule has 0 aromatic carbocycles. The van der Waals surface area contributed by atoms with Gasteiger partial charge < -0.3 is 4.90 Å². The van der Waals surface area contributed by atoms with Gasteiger partial charge in [-0.15, -0.1) is 11.6 Å². The number of rotatable bonds is 7. The Hall–Kier alpha value is 0.250. The van der Waals surface area contributed by atoms with Gasteiger partial charge in [0.15, 0.2) is 0 Å². The zero-order valence-electron chi connectivity index (χ0n) is 10.2. The Labute approximate surface area is 100 Å². The van der Waals surface area contributed by atoms with Gasteiger partial charge in [0, 0.05) is 11.9 Å². The van der Waals surface area contributed by atoms with E-state index in [1.807, 2.05) is 0 Å². The van der Waals surface area contributed by atoms with E-state index in [1.54, 1.807) is 0 Å². The van der Waals surface area contributed by atoms with Crippen LogP contribution in [0, 0.1) is 0 Å². The van der Waals surface area contributed by atoms with Crippen molar-refractivity contribution in [2.45, 2.75) is 63.7 Å². The van der Waals surface area contributed by atoms with Crippen LogP contribution in [0.2, 0.25) is 0 Å². The topological polar surface area (TPSA) is 3.24 Å². The summed E-state index contributed by atoms with van der Waals surface area (Å²) < 4.78 is 0. The van der Waals surface area contributed by atoms with Gasteiger partial charge in [0.25, 0.3) is 0 Å². The Morgan fingerprint density at radius 2 is 1.87 bits per heavy atom. The van der Waals surface area contributed by atoms with Crippen molar-refractivity contribution in [3.8, 4) is 0 Å². The summed E-state index contributed by atoms with van der Waals surface area (Å²) in [5.41, 5.74) is 0. The van der Waals surface area contributed by atoms with Crippen molar-refractivity contribution in [3.05, 3.63) is 0 Å². The summed E-state index contributed by atoms with van der Waals surface area (Å²) >= 11 is 6.15. The van der Waals surface area contributed by atoms with Gasteiger partial charge in [-0.05, 0) is 32.4 Å². The average molecular weight is 232 g/mol. The Bertz CT molecular complexity index is 149. The van der Waals surface area contributed by atoms with Crippen LogP contribution in [0.4, 0.5) is 0 Å². The monoisotopic (exact) mass is 231 g/mol. The van der Waals surface area contributed by atoms with E-state index in [0.29, 0.717) is 5.38 Å². The first-order chi connectivity index (χ1) is 7.33. The van der Waals surface area contributed by atoms with Gasteiger partial charge in [-0.1, -0.05) is 39.0 Å². The molecule has 1 atom stereocenters. The molecule has 1 aliphatic heterocycles. The first kappa shape index (κ1) is 13.3. The van der Waals surface area contributed by atoms with Crippen molar-refractivity contribution in [2.24, 2.45) is 0 Å². The fourth-order valence-electron chi connectivity index (χ4n) is 2.32. The summed E-state index contributed by atoms with van der Waals surface area (Å²) in [4.78, 5) is 2.54. The highest BCUT2D eigenvalue weighted by Gasteiger charge is 2.16. The third-order valence-corrected chi connectivity index (χ3v) is 3.63. The molecule has 1 unspecified atom stereocenters. The number of hydrogen-bond donors (Lipinski definition) is 0. The minimum Gasteiger partial charge on any atom is -0.302 e. The van der Waals surface area contributed by atoms with Gasteiger partial charge in [-0.25, -0.2) is 0 Å². The highest BCUT2D eigenvalue weighted by molar-refractivity contribution is 6.20. The largest absolute Gasteiger partial charge is 0.302 e. The van der Waals surface area contributed by atoms with Gasteiger partial charge in [-0.3, -0.25) is 0 Å². The van der Waals surface area contributed by atoms with Crippen molar-refractivity contribution < 1.29 is 0 Å². The van der Waals surface area contributed by atoms with Crippen molar-refractivity contribution in [3.63, 3.8) is 0 Å². The highest BCUT2D eigenvalue weighted by Crippen LogP contribution is 2.15. The number of piperidine rings is 1. The average Bonchev–Trinajstić information content (AvgIpc) is 2.23. The molecule has 1 rings (SSSR count). The van der Waals surface area contributed by atoms with Gasteiger partial charge in [0.1, 0.15) is 0 Å². The summed E-state index contributed by atoms with van der Waals surface area (Å²) in [5, 5.41) is 0.416. The molecule has 0 aromatic heterocycles. The number of nitrogens with zero attached hydrogens (tertiary/aromatic N) is 1. The zero-order chi connectivity index (χ0) is 10.9. The predicted octanol–water partition coefficient (Wildman–Crippen LogP) is 4.05. The van der Waals surface area contributed by atoms with Crippen molar-refractivity contribution in [2.75, 3.05) is 19.6 Å². The Morgan fingerprint density at radius 1 is 1.13 bits per heavy atom. The third-order valence-electron chi connectivity index (χ3n) is 3.28. The molecule has 1 heterocycles. The minimum absolute atomic E-state index is 0.416. The summed E-state index contributed by atoms with van der Waals surface area (Å²) in [6.45, 7) is 5.94. The van der Waals surface area contributed by atoms with Crippen LogP contribution in [-0.4, -0.2) is 29.9 Å². The number of halogens is 1. The van der Waals surface area contributed by atoms with Crippen LogP contribution in [0.1, 0.15) is 58.3 Å². The second-order valence-corrected chi connectivity index (χ2v) is 5.43. The number of hydrogen-bond acceptors (Lipinski definition) is 1. The molecule has 1 nitrogen and oxygen atoms in total. The second kappa shape index (κ2) is 8.41. The number of likely N-dealkylation sites (tertiary alicyclic amines) is 1. The standard InChI is InChI=1S/C13H26ClN/c1-2-3-4-5-6-7-10-15-11-8-9-13(14)12-15/h13H,2-12H2,1H3. The summed E-state index contributed by atoms with van der Waals surface area (Å²) in [6, 6.07) is 0. The Balaban J connectivity index is 1.90. The van der Waals surface area contributed by atoms with Crippen LogP contribution in [0.25, 0.3) is 0 Å². The molecule has 15 heavy (non-hydrogen) atoms. The van der Waals surface area contributed by atoms with Crippen molar-refractivity contribution in [1.29, 1.82) is 0 Å². The van der Waals surface area contributed by atoms with Crippen molar-refractivity contribution in [1.82, 2.24) is 4.90 Å². The minimum atomic E-state index is 0.416. The lowest BCUT2D eigenvalue weighted by atomic mass is 10.1. The molecule has 1 aliphatic rings. The van der Waals surface area contributed by atoms with Gasteiger partial charge >= 0.3 is 0 Å². The molecule has 0 radical (unpaired) electrons. The fraction of sp³-hybridized carbons (Fsp3) is 1.00. The first-order valence-corrected chi connectivity index (χ1v) is 7.13. The molecule has 0 aromatic rings. The molecule has 0 amide bonds. The molecule has 2 heteroatoms. The summed E-state index contributed by atoms with van der Waals surface area (Å²) in [7, 11) is 0. The number of alkyl halides is 1. The van der Waals surface area contributed by atoms with Gasteiger partial charge in [-0.2, -0.15) is 0 Å². The summed E-state index contributed by atoms with van der Waals surface area (Å²) in [5.74, 6) is 0. The molecule has 1 saturated heterocycles. The highest BCUT2D eigenvalue weighted by atomic mass is 35.5. The van der Waals surface area contributed by atoms with E-state index >= 15 is 0 Å². The number of unbranched alkanes of at least 4 members (excludes halogenated alkanes) is 5. The van der Waals surface area contributed by atoms with Crippen LogP contribution in [0.5, 0.6) is 0 Å². The van der Waals surface area contributed by atoms with E-state index in [2.05, 4.69) is 11.8 Å². The lowest BCUT2D eigenvalue weighted by Crippen LogP contribution is -2.36. The maximum absolute atomic E-state index is 6.15. The van der Waals surface area contributed by atoms with Crippen LogP contribution in [0.15, 0.2) is 0 Å². The molecule has 0 spiro atoms. The molecule has 0 saturated carbocycles. The maximum Gasteiger partial charge on any atom is 0.0463 e. The van der Waals surface area contributed by atoms with E-state index in [4.69, 9.17) is 11.6 Å². The molecule has 0 N–H and O–H groups in total. The Kier molecular flexibility index (Phi) is 7.46. The van der Waals surface area contributed by atoms with E-state index in [-0.39, 0.29) is 0 Å². The lowest BCUT2D eigenvalue weighted by Gasteiger charge is -2.29. The van der Waals surface area contributed by atoms with E-state index in [0.717, 1.165) is 6.54 Å². The van der Waals surface area contributed by atoms with Crippen LogP contribution in [-0.2, 0) is 0 Å². The third kappa shape index (κ3) is 6.42. The SMILES string of the molecule is CCCCCCCCN1CCCC(Cl)C1. The molecule has 0 bridgehead atoms. The van der Waals surface area contributed by atoms with Crippen molar-refractivity contribution >= 4 is 11.6 Å². The first-order valence-electron chi connectivity index (χ1n) is 6.69. The smallest absolute Gasteiger partial charge is 0.0463 e. The van der Waals surface area contributed by atoms with E-state index in [1.165, 1.54) is 64.5 Å². The summed E-state index contributed by atoms with van der Waals surface area (Å²) in [6.07, 6.45) is 10.9. The van der Waals surface area contributed by atoms with E-state index in [9.17, 15) is 0 Å². The molecule has 1 fully saturated rings. The molecular formula is C13H26ClN. The maximum atomic E-state index is 6.15. The zero-order valence-corrected chi connectivity index (χ0v) is 10.9. The van der Waals surface area contributed by atoms with Crippen LogP contribution >= 0.6 is 11.6 Å². The molecular weight excluding hydrogens is 206 g/mol.